The van der Waals surface area contributed by atoms with Crippen molar-refractivity contribution in [3.63, 3.8) is 0 Å². The van der Waals surface area contributed by atoms with E-state index >= 15 is 0 Å². The molecule has 4 rings (SSSR count). The average molecular weight is 329 g/mol. The highest BCUT2D eigenvalue weighted by atomic mass is 15.2. The number of benzene rings is 2. The van der Waals surface area contributed by atoms with Crippen LogP contribution in [0.5, 0.6) is 0 Å². The van der Waals surface area contributed by atoms with Crippen LogP contribution in [0.3, 0.4) is 0 Å². The van der Waals surface area contributed by atoms with Crippen LogP contribution >= 0.6 is 0 Å². The average Bonchev–Trinajstić information content (AvgIpc) is 3.00. The van der Waals surface area contributed by atoms with Crippen LogP contribution in [-0.4, -0.2) is 21.6 Å². The lowest BCUT2D eigenvalue weighted by molar-refractivity contribution is 1.09. The Bertz CT molecular complexity index is 1020. The number of aromatic nitrogens is 3. The van der Waals surface area contributed by atoms with Crippen LogP contribution < -0.4 is 10.6 Å². The molecule has 2 heterocycles. The topological polar surface area (TPSA) is 54.8 Å². The number of imidazole rings is 1. The summed E-state index contributed by atoms with van der Waals surface area (Å²) in [6, 6.07) is 20.4. The summed E-state index contributed by atoms with van der Waals surface area (Å²) in [5, 5.41) is 6.53. The molecule has 0 aliphatic heterocycles. The lowest BCUT2D eigenvalue weighted by Gasteiger charge is -2.10. The number of para-hydroxylation sites is 1. The molecule has 2 aromatic heterocycles. The first-order valence-electron chi connectivity index (χ1n) is 8.20. The molecule has 0 saturated heterocycles. The van der Waals surface area contributed by atoms with Gasteiger partial charge in [-0.05, 0) is 36.8 Å². The van der Waals surface area contributed by atoms with Crippen LogP contribution in [-0.2, 0) is 0 Å². The Morgan fingerprint density at radius 2 is 1.80 bits per heavy atom. The maximum Gasteiger partial charge on any atom is 0.208 e. The third kappa shape index (κ3) is 2.92. The summed E-state index contributed by atoms with van der Waals surface area (Å²) < 4.78 is 2.10. The highest BCUT2D eigenvalue weighted by Gasteiger charge is 2.12. The fourth-order valence-corrected chi connectivity index (χ4v) is 2.93. The SMILES string of the molecule is CNc1nc2cnc(Nc3cccc(C)c3)cc2n1-c1ccccc1. The molecule has 2 N–H and O–H groups in total. The van der Waals surface area contributed by atoms with Crippen LogP contribution in [0.4, 0.5) is 17.5 Å². The van der Waals surface area contributed by atoms with Gasteiger partial charge in [-0.25, -0.2) is 9.97 Å². The zero-order chi connectivity index (χ0) is 17.2. The van der Waals surface area contributed by atoms with Crippen molar-refractivity contribution in [3.8, 4) is 5.69 Å². The van der Waals surface area contributed by atoms with Crippen molar-refractivity contribution in [1.29, 1.82) is 0 Å². The minimum absolute atomic E-state index is 0.788. The van der Waals surface area contributed by atoms with Gasteiger partial charge in [-0.15, -0.1) is 0 Å². The summed E-state index contributed by atoms with van der Waals surface area (Å²) in [5.74, 6) is 1.58. The van der Waals surface area contributed by atoms with Gasteiger partial charge in [0.25, 0.3) is 0 Å². The number of aryl methyl sites for hydroxylation is 1. The van der Waals surface area contributed by atoms with Crippen molar-refractivity contribution in [1.82, 2.24) is 14.5 Å². The predicted octanol–water partition coefficient (Wildman–Crippen LogP) is 4.51. The number of nitrogens with zero attached hydrogens (tertiary/aromatic N) is 3. The Morgan fingerprint density at radius 3 is 2.56 bits per heavy atom. The number of fused-ring (bicyclic) bond motifs is 1. The fraction of sp³-hybridized carbons (Fsp3) is 0.100. The molecule has 0 spiro atoms. The molecule has 5 nitrogen and oxygen atoms in total. The second-order valence-corrected chi connectivity index (χ2v) is 5.91. The quantitative estimate of drug-likeness (QED) is 0.578. The molecule has 124 valence electrons. The van der Waals surface area contributed by atoms with Gasteiger partial charge >= 0.3 is 0 Å². The first kappa shape index (κ1) is 15.2. The number of hydrogen-bond acceptors (Lipinski definition) is 4. The fourth-order valence-electron chi connectivity index (χ4n) is 2.93. The second-order valence-electron chi connectivity index (χ2n) is 5.91. The van der Waals surface area contributed by atoms with E-state index in [1.54, 1.807) is 6.20 Å². The Balaban J connectivity index is 1.82. The van der Waals surface area contributed by atoms with Crippen LogP contribution in [0.1, 0.15) is 5.56 Å². The summed E-state index contributed by atoms with van der Waals surface area (Å²) >= 11 is 0. The van der Waals surface area contributed by atoms with E-state index in [4.69, 9.17) is 0 Å². The Morgan fingerprint density at radius 1 is 0.960 bits per heavy atom. The van der Waals surface area contributed by atoms with Gasteiger partial charge in [0.1, 0.15) is 11.3 Å². The molecule has 0 bridgehead atoms. The van der Waals surface area contributed by atoms with Crippen molar-refractivity contribution in [3.05, 3.63) is 72.4 Å². The summed E-state index contributed by atoms with van der Waals surface area (Å²) in [6.45, 7) is 2.07. The van der Waals surface area contributed by atoms with E-state index in [1.807, 2.05) is 43.4 Å². The maximum absolute atomic E-state index is 4.63. The van der Waals surface area contributed by atoms with E-state index in [-0.39, 0.29) is 0 Å². The monoisotopic (exact) mass is 329 g/mol. The summed E-state index contributed by atoms with van der Waals surface area (Å²) in [7, 11) is 1.87. The van der Waals surface area contributed by atoms with Crippen molar-refractivity contribution >= 4 is 28.5 Å². The molecule has 0 radical (unpaired) electrons. The minimum atomic E-state index is 0.788. The molecule has 0 amide bonds. The van der Waals surface area contributed by atoms with E-state index in [1.165, 1.54) is 5.56 Å². The van der Waals surface area contributed by atoms with Crippen molar-refractivity contribution in [2.75, 3.05) is 17.7 Å². The summed E-state index contributed by atoms with van der Waals surface area (Å²) in [5.41, 5.74) is 5.13. The Kier molecular flexibility index (Phi) is 3.82. The van der Waals surface area contributed by atoms with Crippen molar-refractivity contribution < 1.29 is 0 Å². The molecule has 4 aromatic rings. The molecule has 0 aliphatic carbocycles. The molecule has 0 aliphatic rings. The smallest absolute Gasteiger partial charge is 0.208 e. The van der Waals surface area contributed by atoms with Gasteiger partial charge in [0.05, 0.1) is 11.7 Å². The van der Waals surface area contributed by atoms with Crippen LogP contribution in [0.15, 0.2) is 66.9 Å². The zero-order valence-electron chi connectivity index (χ0n) is 14.2. The first-order chi connectivity index (χ1) is 12.2. The van der Waals surface area contributed by atoms with Gasteiger partial charge < -0.3 is 10.6 Å². The lowest BCUT2D eigenvalue weighted by atomic mass is 10.2. The molecule has 0 saturated carbocycles. The standard InChI is InChI=1S/C20H19N5/c1-14-7-6-8-15(11-14)23-19-12-18-17(13-22-19)24-20(21-2)25(18)16-9-4-3-5-10-16/h3-13H,1-2H3,(H,21,24)(H,22,23). The molecular weight excluding hydrogens is 310 g/mol. The highest BCUT2D eigenvalue weighted by molar-refractivity contribution is 5.83. The van der Waals surface area contributed by atoms with Crippen LogP contribution in [0.25, 0.3) is 16.7 Å². The normalized spacial score (nSPS) is 10.8. The van der Waals surface area contributed by atoms with Crippen LogP contribution in [0, 0.1) is 6.92 Å². The minimum Gasteiger partial charge on any atom is -0.358 e. The van der Waals surface area contributed by atoms with Gasteiger partial charge in [-0.3, -0.25) is 4.57 Å². The van der Waals surface area contributed by atoms with Crippen LogP contribution in [0.2, 0.25) is 0 Å². The van der Waals surface area contributed by atoms with Gasteiger partial charge in [0.2, 0.25) is 5.95 Å². The molecule has 0 fully saturated rings. The largest absolute Gasteiger partial charge is 0.358 e. The van der Waals surface area contributed by atoms with E-state index in [9.17, 15) is 0 Å². The summed E-state index contributed by atoms with van der Waals surface area (Å²) in [4.78, 5) is 9.13. The molecule has 0 atom stereocenters. The van der Waals surface area contributed by atoms with E-state index in [2.05, 4.69) is 56.4 Å². The maximum atomic E-state index is 4.63. The highest BCUT2D eigenvalue weighted by Crippen LogP contribution is 2.26. The number of anilines is 3. The molecule has 25 heavy (non-hydrogen) atoms. The third-order valence-corrected chi connectivity index (χ3v) is 4.07. The first-order valence-corrected chi connectivity index (χ1v) is 8.20. The number of pyridine rings is 1. The lowest BCUT2D eigenvalue weighted by Crippen LogP contribution is -2.01. The number of rotatable bonds is 4. The Labute approximate surface area is 146 Å². The third-order valence-electron chi connectivity index (χ3n) is 4.07. The zero-order valence-corrected chi connectivity index (χ0v) is 14.2. The number of hydrogen-bond donors (Lipinski definition) is 2. The molecule has 5 heteroatoms. The van der Waals surface area contributed by atoms with Crippen molar-refractivity contribution in [2.45, 2.75) is 6.92 Å². The summed E-state index contributed by atoms with van der Waals surface area (Å²) in [6.07, 6.45) is 1.80. The predicted molar refractivity (Wildman–Crippen MR) is 103 cm³/mol. The molecular formula is C20H19N5. The molecule has 2 aromatic carbocycles. The van der Waals surface area contributed by atoms with E-state index < -0.39 is 0 Å². The number of nitrogens with one attached hydrogen (secondary N) is 2. The van der Waals surface area contributed by atoms with Crippen molar-refractivity contribution in [2.24, 2.45) is 0 Å². The molecule has 0 unspecified atom stereocenters. The van der Waals surface area contributed by atoms with E-state index in [0.717, 1.165) is 34.2 Å². The van der Waals surface area contributed by atoms with Gasteiger partial charge in [0, 0.05) is 24.5 Å². The second kappa shape index (κ2) is 6.28. The van der Waals surface area contributed by atoms with Gasteiger partial charge in [-0.2, -0.15) is 0 Å². The van der Waals surface area contributed by atoms with Gasteiger partial charge in [-0.1, -0.05) is 30.3 Å². The van der Waals surface area contributed by atoms with Gasteiger partial charge in [0.15, 0.2) is 0 Å². The van der Waals surface area contributed by atoms with E-state index in [0.29, 0.717) is 0 Å². The Hall–Kier alpha value is -3.34.